The maximum Gasteiger partial charge on any atom is 0.317 e. The fourth-order valence-corrected chi connectivity index (χ4v) is 3.27. The Morgan fingerprint density at radius 3 is 2.59 bits per heavy atom. The SMILES string of the molecule is CCCC[C@@H](Sc1nc(N)c(NC(=O)c2ccc(Cl)cc2)c(=O)[nH]1)C(=O)O. The Morgan fingerprint density at radius 1 is 1.37 bits per heavy atom. The van der Waals surface area contributed by atoms with Crippen molar-refractivity contribution in [1.82, 2.24) is 9.97 Å². The average Bonchev–Trinajstić information content (AvgIpc) is 2.61. The summed E-state index contributed by atoms with van der Waals surface area (Å²) in [4.78, 5) is 42.3. The number of carboxylic acid groups (broad SMARTS) is 1. The molecule has 0 aliphatic rings. The van der Waals surface area contributed by atoms with Crippen molar-refractivity contribution in [2.24, 2.45) is 0 Å². The van der Waals surface area contributed by atoms with Gasteiger partial charge in [0, 0.05) is 10.6 Å². The third-order valence-electron chi connectivity index (χ3n) is 3.62. The molecule has 0 fully saturated rings. The van der Waals surface area contributed by atoms with Crippen molar-refractivity contribution in [1.29, 1.82) is 0 Å². The molecule has 144 valence electrons. The summed E-state index contributed by atoms with van der Waals surface area (Å²) in [6.07, 6.45) is 2.03. The van der Waals surface area contributed by atoms with Gasteiger partial charge in [-0.25, -0.2) is 4.98 Å². The first kappa shape index (κ1) is 20.8. The van der Waals surface area contributed by atoms with Crippen molar-refractivity contribution in [3.05, 3.63) is 45.2 Å². The molecule has 8 nitrogen and oxygen atoms in total. The monoisotopic (exact) mass is 410 g/mol. The Morgan fingerprint density at radius 2 is 2.04 bits per heavy atom. The lowest BCUT2D eigenvalue weighted by molar-refractivity contribution is -0.136. The average molecular weight is 411 g/mol. The molecule has 0 aliphatic heterocycles. The Labute approximate surface area is 164 Å². The van der Waals surface area contributed by atoms with Crippen LogP contribution in [-0.4, -0.2) is 32.2 Å². The molecule has 2 rings (SSSR count). The normalized spacial score (nSPS) is 11.8. The third-order valence-corrected chi connectivity index (χ3v) is 5.01. The predicted molar refractivity (Wildman–Crippen MR) is 105 cm³/mol. The number of nitrogens with one attached hydrogen (secondary N) is 2. The molecule has 27 heavy (non-hydrogen) atoms. The van der Waals surface area contributed by atoms with Gasteiger partial charge in [0.15, 0.2) is 11.0 Å². The number of hydrogen-bond donors (Lipinski definition) is 4. The van der Waals surface area contributed by atoms with Crippen LogP contribution in [0, 0.1) is 0 Å². The Hall–Kier alpha value is -2.52. The molecule has 0 spiro atoms. The fraction of sp³-hybridized carbons (Fsp3) is 0.294. The lowest BCUT2D eigenvalue weighted by Gasteiger charge is -2.12. The molecule has 0 radical (unpaired) electrons. The van der Waals surface area contributed by atoms with E-state index < -0.39 is 22.7 Å². The zero-order valence-electron chi connectivity index (χ0n) is 14.5. The van der Waals surface area contributed by atoms with E-state index in [4.69, 9.17) is 17.3 Å². The van der Waals surface area contributed by atoms with E-state index in [-0.39, 0.29) is 16.7 Å². The number of aliphatic carboxylic acids is 1. The summed E-state index contributed by atoms with van der Waals surface area (Å²) in [5.74, 6) is -1.73. The number of carbonyl (C=O) groups is 2. The highest BCUT2D eigenvalue weighted by molar-refractivity contribution is 8.00. The lowest BCUT2D eigenvalue weighted by atomic mass is 10.2. The number of unbranched alkanes of at least 4 members (excludes halogenated alkanes) is 1. The molecule has 0 unspecified atom stereocenters. The molecule has 0 saturated heterocycles. The van der Waals surface area contributed by atoms with Crippen molar-refractivity contribution < 1.29 is 14.7 Å². The second-order valence-electron chi connectivity index (χ2n) is 5.68. The Bertz CT molecular complexity index is 885. The minimum Gasteiger partial charge on any atom is -0.480 e. The number of amides is 1. The number of carbonyl (C=O) groups excluding carboxylic acids is 1. The third kappa shape index (κ3) is 5.73. The molecule has 5 N–H and O–H groups in total. The highest BCUT2D eigenvalue weighted by Crippen LogP contribution is 2.25. The standard InChI is InChI=1S/C17H19ClN4O4S/c1-2-3-4-11(16(25)26)27-17-21-13(19)12(15(24)22-17)20-14(23)9-5-7-10(18)8-6-9/h5-8,11H,2-4H2,1H3,(H,20,23)(H,25,26)(H3,19,21,22,24)/t11-/m1/s1. The topological polar surface area (TPSA) is 138 Å². The van der Waals surface area contributed by atoms with Crippen molar-refractivity contribution in [2.45, 2.75) is 36.6 Å². The maximum atomic E-state index is 12.3. The maximum absolute atomic E-state index is 12.3. The van der Waals surface area contributed by atoms with Gasteiger partial charge in [-0.2, -0.15) is 0 Å². The first-order valence-corrected chi connectivity index (χ1v) is 9.43. The Kier molecular flexibility index (Phi) is 7.26. The van der Waals surface area contributed by atoms with Crippen LogP contribution in [-0.2, 0) is 4.79 Å². The van der Waals surface area contributed by atoms with Crippen LogP contribution in [0.25, 0.3) is 0 Å². The molecule has 10 heteroatoms. The van der Waals surface area contributed by atoms with Crippen LogP contribution in [0.15, 0.2) is 34.2 Å². The number of carboxylic acids is 1. The van der Waals surface area contributed by atoms with E-state index in [1.165, 1.54) is 12.1 Å². The van der Waals surface area contributed by atoms with Gasteiger partial charge in [-0.3, -0.25) is 19.4 Å². The largest absolute Gasteiger partial charge is 0.480 e. The molecule has 1 heterocycles. The first-order valence-electron chi connectivity index (χ1n) is 8.18. The van der Waals surface area contributed by atoms with Gasteiger partial charge in [-0.05, 0) is 30.7 Å². The van der Waals surface area contributed by atoms with E-state index in [9.17, 15) is 19.5 Å². The van der Waals surface area contributed by atoms with E-state index in [0.717, 1.165) is 24.6 Å². The van der Waals surface area contributed by atoms with Crippen LogP contribution in [0.5, 0.6) is 0 Å². The summed E-state index contributed by atoms with van der Waals surface area (Å²) in [6, 6.07) is 6.10. The summed E-state index contributed by atoms with van der Waals surface area (Å²) < 4.78 is 0. The number of thioether (sulfide) groups is 1. The van der Waals surface area contributed by atoms with Gasteiger partial charge in [-0.1, -0.05) is 43.1 Å². The zero-order chi connectivity index (χ0) is 20.0. The van der Waals surface area contributed by atoms with Crippen LogP contribution in [0.1, 0.15) is 36.5 Å². The summed E-state index contributed by atoms with van der Waals surface area (Å²) in [7, 11) is 0. The van der Waals surface area contributed by atoms with Gasteiger partial charge in [0.2, 0.25) is 0 Å². The highest BCUT2D eigenvalue weighted by atomic mass is 35.5. The van der Waals surface area contributed by atoms with Crippen LogP contribution >= 0.6 is 23.4 Å². The number of benzene rings is 1. The molecule has 1 atom stereocenters. The molecular formula is C17H19ClN4O4S. The number of anilines is 2. The zero-order valence-corrected chi connectivity index (χ0v) is 16.1. The number of aromatic amines is 1. The van der Waals surface area contributed by atoms with Gasteiger partial charge in [0.25, 0.3) is 11.5 Å². The summed E-state index contributed by atoms with van der Waals surface area (Å²) in [5.41, 5.74) is 5.24. The van der Waals surface area contributed by atoms with Gasteiger partial charge < -0.3 is 16.2 Å². The van der Waals surface area contributed by atoms with E-state index in [0.29, 0.717) is 17.0 Å². The lowest BCUT2D eigenvalue weighted by Crippen LogP contribution is -2.24. The summed E-state index contributed by atoms with van der Waals surface area (Å²) in [5, 5.41) is 11.5. The number of halogens is 1. The van der Waals surface area contributed by atoms with Crippen LogP contribution in [0.3, 0.4) is 0 Å². The van der Waals surface area contributed by atoms with Crippen molar-refractivity contribution in [2.75, 3.05) is 11.1 Å². The second-order valence-corrected chi connectivity index (χ2v) is 7.31. The number of nitrogens with zero attached hydrogens (tertiary/aromatic N) is 1. The number of aromatic nitrogens is 2. The van der Waals surface area contributed by atoms with E-state index >= 15 is 0 Å². The summed E-state index contributed by atoms with van der Waals surface area (Å²) >= 11 is 6.70. The number of nitrogen functional groups attached to an aromatic ring is 1. The second kappa shape index (κ2) is 9.43. The summed E-state index contributed by atoms with van der Waals surface area (Å²) in [6.45, 7) is 1.96. The van der Waals surface area contributed by atoms with Crippen molar-refractivity contribution in [3.63, 3.8) is 0 Å². The van der Waals surface area contributed by atoms with Crippen LogP contribution in [0.4, 0.5) is 11.5 Å². The van der Waals surface area contributed by atoms with Gasteiger partial charge in [0.05, 0.1) is 0 Å². The molecular weight excluding hydrogens is 392 g/mol. The van der Waals surface area contributed by atoms with E-state index in [2.05, 4.69) is 15.3 Å². The molecule has 0 aliphatic carbocycles. The predicted octanol–water partition coefficient (Wildman–Crippen LogP) is 2.99. The Balaban J connectivity index is 2.18. The number of hydrogen-bond acceptors (Lipinski definition) is 6. The number of rotatable bonds is 8. The smallest absolute Gasteiger partial charge is 0.317 e. The number of H-pyrrole nitrogens is 1. The van der Waals surface area contributed by atoms with E-state index in [1.807, 2.05) is 6.92 Å². The molecule has 0 saturated carbocycles. The molecule has 2 aromatic rings. The quantitative estimate of drug-likeness (QED) is 0.387. The first-order chi connectivity index (χ1) is 12.8. The van der Waals surface area contributed by atoms with E-state index in [1.54, 1.807) is 12.1 Å². The van der Waals surface area contributed by atoms with Gasteiger partial charge >= 0.3 is 5.97 Å². The molecule has 1 aromatic carbocycles. The number of nitrogens with two attached hydrogens (primary N) is 1. The molecule has 1 aromatic heterocycles. The fourth-order valence-electron chi connectivity index (χ4n) is 2.19. The molecule has 1 amide bonds. The van der Waals surface area contributed by atoms with Crippen LogP contribution in [0.2, 0.25) is 5.02 Å². The van der Waals surface area contributed by atoms with Crippen LogP contribution < -0.4 is 16.6 Å². The van der Waals surface area contributed by atoms with Crippen molar-refractivity contribution >= 4 is 46.7 Å². The minimum absolute atomic E-state index is 0.0884. The van der Waals surface area contributed by atoms with Gasteiger partial charge in [-0.15, -0.1) is 0 Å². The highest BCUT2D eigenvalue weighted by Gasteiger charge is 2.21. The van der Waals surface area contributed by atoms with Gasteiger partial charge in [0.1, 0.15) is 10.9 Å². The molecule has 0 bridgehead atoms. The van der Waals surface area contributed by atoms with Crippen molar-refractivity contribution in [3.8, 4) is 0 Å². The minimum atomic E-state index is -0.991.